The van der Waals surface area contributed by atoms with Gasteiger partial charge in [0.2, 0.25) is 5.91 Å². The number of esters is 1. The molecule has 1 fully saturated rings. The molecule has 3 rings (SSSR count). The summed E-state index contributed by atoms with van der Waals surface area (Å²) in [6.45, 7) is 3.40. The first-order valence-electron chi connectivity index (χ1n) is 10.4. The first kappa shape index (κ1) is 24.7. The van der Waals surface area contributed by atoms with Crippen molar-refractivity contribution < 1.29 is 32.3 Å². The third kappa shape index (κ3) is 5.91. The van der Waals surface area contributed by atoms with E-state index >= 15 is 0 Å². The Bertz CT molecular complexity index is 1170. The molecule has 1 atom stereocenters. The van der Waals surface area contributed by atoms with Crippen molar-refractivity contribution in [2.75, 3.05) is 35.9 Å². The highest BCUT2D eigenvalue weighted by Crippen LogP contribution is 2.35. The minimum absolute atomic E-state index is 0.0151. The van der Waals surface area contributed by atoms with E-state index in [0.717, 1.165) is 11.3 Å². The third-order valence-corrected chi connectivity index (χ3v) is 8.28. The standard InChI is InChI=1S/C22H26N2O7S2/c1-4-31-22(27)18-13(2)19(20(26)23-15-7-5-6-8-16(15)30-3)32-21(18)24-17(25)11-14-9-10-33(28,29)12-14/h5-8,14H,4,9-12H2,1-3H3,(H,23,26)(H,24,25)/t14-/m0/s1. The Morgan fingerprint density at radius 1 is 1.18 bits per heavy atom. The molecule has 0 bridgehead atoms. The number of thiophene rings is 1. The van der Waals surface area contributed by atoms with E-state index in [9.17, 15) is 22.8 Å². The number of benzene rings is 1. The van der Waals surface area contributed by atoms with Crippen LogP contribution in [0, 0.1) is 12.8 Å². The van der Waals surface area contributed by atoms with Gasteiger partial charge in [0, 0.05) is 6.42 Å². The van der Waals surface area contributed by atoms with Crippen LogP contribution in [-0.2, 0) is 19.4 Å². The molecule has 178 valence electrons. The number of ether oxygens (including phenoxy) is 2. The Hall–Kier alpha value is -2.92. The number of amides is 2. The number of carbonyl (C=O) groups is 3. The molecule has 0 unspecified atom stereocenters. The van der Waals surface area contributed by atoms with E-state index in [4.69, 9.17) is 9.47 Å². The second-order valence-electron chi connectivity index (χ2n) is 7.66. The molecule has 0 aliphatic carbocycles. The van der Waals surface area contributed by atoms with Gasteiger partial charge >= 0.3 is 5.97 Å². The first-order valence-corrected chi connectivity index (χ1v) is 13.0. The molecule has 1 aromatic heterocycles. The van der Waals surface area contributed by atoms with Gasteiger partial charge < -0.3 is 20.1 Å². The lowest BCUT2D eigenvalue weighted by Crippen LogP contribution is -2.18. The summed E-state index contributed by atoms with van der Waals surface area (Å²) in [5.41, 5.74) is 0.951. The number of para-hydroxylation sites is 2. The summed E-state index contributed by atoms with van der Waals surface area (Å²) in [6, 6.07) is 6.91. The second kappa shape index (κ2) is 10.3. The number of nitrogens with one attached hydrogen (secondary N) is 2. The summed E-state index contributed by atoms with van der Waals surface area (Å²) in [6.07, 6.45) is 0.442. The maximum Gasteiger partial charge on any atom is 0.341 e. The average Bonchev–Trinajstić information content (AvgIpc) is 3.26. The molecule has 1 aromatic carbocycles. The van der Waals surface area contributed by atoms with Crippen LogP contribution in [0.15, 0.2) is 24.3 Å². The molecular weight excluding hydrogens is 468 g/mol. The Balaban J connectivity index is 1.85. The minimum atomic E-state index is -3.11. The predicted molar refractivity (Wildman–Crippen MR) is 126 cm³/mol. The highest BCUT2D eigenvalue weighted by molar-refractivity contribution is 7.91. The molecule has 2 N–H and O–H groups in total. The van der Waals surface area contributed by atoms with E-state index in [-0.39, 0.29) is 45.9 Å². The van der Waals surface area contributed by atoms with E-state index in [2.05, 4.69) is 10.6 Å². The highest BCUT2D eigenvalue weighted by Gasteiger charge is 2.31. The van der Waals surface area contributed by atoms with Crippen molar-refractivity contribution in [2.24, 2.45) is 5.92 Å². The lowest BCUT2D eigenvalue weighted by atomic mass is 10.0. The lowest BCUT2D eigenvalue weighted by molar-refractivity contribution is -0.116. The maximum atomic E-state index is 13.0. The van der Waals surface area contributed by atoms with E-state index in [1.54, 1.807) is 38.1 Å². The summed E-state index contributed by atoms with van der Waals surface area (Å²) in [5.74, 6) is -1.27. The number of methoxy groups -OCH3 is 1. The Morgan fingerprint density at radius 3 is 2.55 bits per heavy atom. The summed E-state index contributed by atoms with van der Waals surface area (Å²) in [5, 5.41) is 5.65. The summed E-state index contributed by atoms with van der Waals surface area (Å²) in [4.78, 5) is 38.4. The first-order chi connectivity index (χ1) is 15.6. The fourth-order valence-corrected chi connectivity index (χ4v) is 6.64. The van der Waals surface area contributed by atoms with Crippen molar-refractivity contribution >= 4 is 49.6 Å². The van der Waals surface area contributed by atoms with Crippen LogP contribution in [0.1, 0.15) is 45.4 Å². The smallest absolute Gasteiger partial charge is 0.341 e. The van der Waals surface area contributed by atoms with Crippen molar-refractivity contribution in [2.45, 2.75) is 26.7 Å². The molecule has 2 aromatic rings. The van der Waals surface area contributed by atoms with Crippen LogP contribution < -0.4 is 15.4 Å². The van der Waals surface area contributed by atoms with Crippen LogP contribution in [0.3, 0.4) is 0 Å². The van der Waals surface area contributed by atoms with Gasteiger partial charge in [-0.2, -0.15) is 0 Å². The van der Waals surface area contributed by atoms with Gasteiger partial charge in [-0.25, -0.2) is 13.2 Å². The lowest BCUT2D eigenvalue weighted by Gasteiger charge is -2.09. The highest BCUT2D eigenvalue weighted by atomic mass is 32.2. The van der Waals surface area contributed by atoms with Gasteiger partial charge in [-0.15, -0.1) is 11.3 Å². The number of hydrogen-bond acceptors (Lipinski definition) is 8. The van der Waals surface area contributed by atoms with Crippen LogP contribution in [0.25, 0.3) is 0 Å². The average molecular weight is 495 g/mol. The van der Waals surface area contributed by atoms with E-state index in [0.29, 0.717) is 23.4 Å². The Morgan fingerprint density at radius 2 is 1.91 bits per heavy atom. The molecule has 33 heavy (non-hydrogen) atoms. The third-order valence-electron chi connectivity index (χ3n) is 5.24. The number of hydrogen-bond donors (Lipinski definition) is 2. The summed E-state index contributed by atoms with van der Waals surface area (Å²) < 4.78 is 33.7. The molecule has 9 nitrogen and oxygen atoms in total. The molecule has 0 radical (unpaired) electrons. The van der Waals surface area contributed by atoms with Gasteiger partial charge in [0.05, 0.1) is 41.4 Å². The zero-order valence-corrected chi connectivity index (χ0v) is 20.2. The molecular formula is C22H26N2O7S2. The van der Waals surface area contributed by atoms with Crippen molar-refractivity contribution in [3.8, 4) is 5.75 Å². The van der Waals surface area contributed by atoms with Crippen LogP contribution in [0.2, 0.25) is 0 Å². The van der Waals surface area contributed by atoms with Gasteiger partial charge in [0.15, 0.2) is 9.84 Å². The topological polar surface area (TPSA) is 128 Å². The van der Waals surface area contributed by atoms with Crippen molar-refractivity contribution in [3.05, 3.63) is 40.3 Å². The van der Waals surface area contributed by atoms with Crippen molar-refractivity contribution in [3.63, 3.8) is 0 Å². The van der Waals surface area contributed by atoms with Crippen LogP contribution in [0.4, 0.5) is 10.7 Å². The summed E-state index contributed by atoms with van der Waals surface area (Å²) >= 11 is 0.963. The van der Waals surface area contributed by atoms with Crippen molar-refractivity contribution in [1.82, 2.24) is 0 Å². The van der Waals surface area contributed by atoms with E-state index in [1.165, 1.54) is 7.11 Å². The molecule has 0 saturated carbocycles. The molecule has 1 aliphatic rings. The predicted octanol–water partition coefficient (Wildman–Crippen LogP) is 3.26. The molecule has 1 aliphatic heterocycles. The Kier molecular flexibility index (Phi) is 7.75. The number of rotatable bonds is 8. The summed E-state index contributed by atoms with van der Waals surface area (Å²) in [7, 11) is -1.62. The van der Waals surface area contributed by atoms with Crippen molar-refractivity contribution in [1.29, 1.82) is 0 Å². The van der Waals surface area contributed by atoms with Crippen LogP contribution >= 0.6 is 11.3 Å². The number of anilines is 2. The van der Waals surface area contributed by atoms with Gasteiger partial charge in [-0.3, -0.25) is 9.59 Å². The zero-order valence-electron chi connectivity index (χ0n) is 18.6. The Labute approximate surface area is 196 Å². The SMILES string of the molecule is CCOC(=O)c1c(NC(=O)C[C@@H]2CCS(=O)(=O)C2)sc(C(=O)Nc2ccccc2OC)c1C. The van der Waals surface area contributed by atoms with Gasteiger partial charge in [0.1, 0.15) is 10.8 Å². The molecule has 2 heterocycles. The minimum Gasteiger partial charge on any atom is -0.495 e. The fourth-order valence-electron chi connectivity index (χ4n) is 3.67. The quantitative estimate of drug-likeness (QED) is 0.539. The number of sulfone groups is 1. The monoisotopic (exact) mass is 494 g/mol. The normalized spacial score (nSPS) is 16.8. The van der Waals surface area contributed by atoms with Gasteiger partial charge in [0.25, 0.3) is 5.91 Å². The molecule has 0 spiro atoms. The zero-order chi connectivity index (χ0) is 24.2. The maximum absolute atomic E-state index is 13.0. The van der Waals surface area contributed by atoms with Gasteiger partial charge in [-0.05, 0) is 43.9 Å². The molecule has 11 heteroatoms. The van der Waals surface area contributed by atoms with Gasteiger partial charge in [-0.1, -0.05) is 12.1 Å². The van der Waals surface area contributed by atoms with E-state index in [1.807, 2.05) is 0 Å². The molecule has 1 saturated heterocycles. The molecule has 2 amide bonds. The second-order valence-corrected chi connectivity index (χ2v) is 10.9. The fraction of sp³-hybridized carbons (Fsp3) is 0.409. The van der Waals surface area contributed by atoms with Crippen LogP contribution in [0.5, 0.6) is 5.75 Å². The van der Waals surface area contributed by atoms with Crippen LogP contribution in [-0.4, -0.2) is 51.4 Å². The number of carbonyl (C=O) groups excluding carboxylic acids is 3. The largest absolute Gasteiger partial charge is 0.495 e. The van der Waals surface area contributed by atoms with E-state index < -0.39 is 27.6 Å².